The van der Waals surface area contributed by atoms with Crippen LogP contribution in [0.25, 0.3) is 11.3 Å². The standard InChI is InChI=1S/C29H25Cl3N2O3S/c1-16(13-17-5-7-19(8-6-17)29(35)38-33)21-12-11-20(14-25(21)32)36-15-22-27(34-37-28(22)18-9-10-18)26-23(30)3-2-4-24(26)31/h2-8,11-12,14,16,18H,9-10,13,15,33H2,1H3/t16-/m1/s1. The van der Waals surface area contributed by atoms with Gasteiger partial charge in [0.25, 0.3) is 0 Å². The first-order valence-corrected chi connectivity index (χ1v) is 14.2. The number of carbonyl (C=O) groups is 1. The molecule has 1 atom stereocenters. The van der Waals surface area contributed by atoms with E-state index >= 15 is 0 Å². The van der Waals surface area contributed by atoms with Crippen LogP contribution in [-0.4, -0.2) is 10.3 Å². The fraction of sp³-hybridized carbons (Fsp3) is 0.241. The molecule has 0 bridgehead atoms. The lowest BCUT2D eigenvalue weighted by atomic mass is 9.93. The molecule has 196 valence electrons. The van der Waals surface area contributed by atoms with E-state index in [0.29, 0.717) is 43.6 Å². The average Bonchev–Trinajstić information content (AvgIpc) is 3.67. The van der Waals surface area contributed by atoms with Gasteiger partial charge in [0, 0.05) is 22.1 Å². The molecule has 5 rings (SSSR count). The second-order valence-electron chi connectivity index (χ2n) is 9.42. The Hall–Kier alpha value is -2.48. The predicted octanol–water partition coefficient (Wildman–Crippen LogP) is 8.85. The minimum atomic E-state index is -0.152. The summed E-state index contributed by atoms with van der Waals surface area (Å²) >= 11 is 20.3. The summed E-state index contributed by atoms with van der Waals surface area (Å²) in [6.07, 6.45) is 2.89. The summed E-state index contributed by atoms with van der Waals surface area (Å²) in [6.45, 7) is 2.37. The minimum absolute atomic E-state index is 0.152. The molecule has 1 aliphatic carbocycles. The molecule has 1 aliphatic rings. The van der Waals surface area contributed by atoms with Gasteiger partial charge in [-0.1, -0.05) is 83.3 Å². The number of nitrogens with zero attached hydrogens (tertiary/aromatic N) is 1. The zero-order chi connectivity index (χ0) is 26.8. The maximum absolute atomic E-state index is 11.7. The van der Waals surface area contributed by atoms with Crippen LogP contribution in [0.5, 0.6) is 5.75 Å². The number of aromatic nitrogens is 1. The molecule has 38 heavy (non-hydrogen) atoms. The van der Waals surface area contributed by atoms with Gasteiger partial charge in [0.2, 0.25) is 5.12 Å². The van der Waals surface area contributed by atoms with E-state index in [1.807, 2.05) is 30.3 Å². The third kappa shape index (κ3) is 5.90. The van der Waals surface area contributed by atoms with Crippen molar-refractivity contribution in [2.75, 3.05) is 0 Å². The SMILES string of the molecule is C[C@H](Cc1ccc(C(=O)SN)cc1)c1ccc(OCc2c(-c3c(Cl)cccc3Cl)noc2C2CC2)cc1Cl. The Bertz CT molecular complexity index is 1450. The number of nitrogens with two attached hydrogens (primary N) is 1. The summed E-state index contributed by atoms with van der Waals surface area (Å²) in [5, 5.41) is 11.2. The molecular formula is C29H25Cl3N2O3S. The summed E-state index contributed by atoms with van der Waals surface area (Å²) in [5.41, 5.74) is 4.82. The van der Waals surface area contributed by atoms with Gasteiger partial charge in [0.05, 0.1) is 15.6 Å². The summed E-state index contributed by atoms with van der Waals surface area (Å²) in [5.74, 6) is 1.97. The number of hydrogen-bond acceptors (Lipinski definition) is 6. The molecule has 4 aromatic rings. The maximum Gasteiger partial charge on any atom is 0.233 e. The maximum atomic E-state index is 11.7. The topological polar surface area (TPSA) is 78.4 Å². The molecule has 1 fully saturated rings. The van der Waals surface area contributed by atoms with Gasteiger partial charge in [-0.2, -0.15) is 0 Å². The molecule has 1 saturated carbocycles. The first kappa shape index (κ1) is 27.1. The molecule has 0 aliphatic heterocycles. The van der Waals surface area contributed by atoms with Gasteiger partial charge in [-0.15, -0.1) is 0 Å². The molecule has 5 nitrogen and oxygen atoms in total. The Morgan fingerprint density at radius 1 is 1.08 bits per heavy atom. The lowest BCUT2D eigenvalue weighted by Gasteiger charge is -2.16. The van der Waals surface area contributed by atoms with Crippen LogP contribution in [-0.2, 0) is 13.0 Å². The number of hydrogen-bond donors (Lipinski definition) is 1. The van der Waals surface area contributed by atoms with Crippen LogP contribution < -0.4 is 9.88 Å². The van der Waals surface area contributed by atoms with E-state index in [2.05, 4.69) is 12.1 Å². The van der Waals surface area contributed by atoms with Gasteiger partial charge in [-0.25, -0.2) is 0 Å². The zero-order valence-corrected chi connectivity index (χ0v) is 23.6. The van der Waals surface area contributed by atoms with E-state index < -0.39 is 0 Å². The predicted molar refractivity (Wildman–Crippen MR) is 154 cm³/mol. The Balaban J connectivity index is 1.31. The second-order valence-corrected chi connectivity index (χ2v) is 11.3. The van der Waals surface area contributed by atoms with E-state index in [0.717, 1.165) is 53.7 Å². The summed E-state index contributed by atoms with van der Waals surface area (Å²) in [7, 11) is 0. The van der Waals surface area contributed by atoms with Gasteiger partial charge < -0.3 is 9.26 Å². The first-order chi connectivity index (χ1) is 18.4. The summed E-state index contributed by atoms with van der Waals surface area (Å²) in [6, 6.07) is 18.6. The quantitative estimate of drug-likeness (QED) is 0.197. The van der Waals surface area contributed by atoms with Crippen LogP contribution in [0.2, 0.25) is 15.1 Å². The van der Waals surface area contributed by atoms with Crippen molar-refractivity contribution in [1.29, 1.82) is 0 Å². The Morgan fingerprint density at radius 3 is 2.42 bits per heavy atom. The highest BCUT2D eigenvalue weighted by atomic mass is 35.5. The lowest BCUT2D eigenvalue weighted by Crippen LogP contribution is -2.03. The third-order valence-corrected chi connectivity index (χ3v) is 8.10. The van der Waals surface area contributed by atoms with Gasteiger partial charge >= 0.3 is 0 Å². The van der Waals surface area contributed by atoms with Gasteiger partial charge in [0.15, 0.2) is 0 Å². The molecule has 3 aromatic carbocycles. The van der Waals surface area contributed by atoms with Crippen LogP contribution in [0.15, 0.2) is 65.2 Å². The second kappa shape index (κ2) is 11.7. The van der Waals surface area contributed by atoms with Crippen molar-refractivity contribution >= 4 is 51.9 Å². The van der Waals surface area contributed by atoms with Gasteiger partial charge in [-0.05, 0) is 72.5 Å². The van der Waals surface area contributed by atoms with Crippen molar-refractivity contribution in [1.82, 2.24) is 5.16 Å². The highest BCUT2D eigenvalue weighted by Crippen LogP contribution is 2.46. The van der Waals surface area contributed by atoms with Crippen LogP contribution in [0.1, 0.15) is 64.4 Å². The highest BCUT2D eigenvalue weighted by Gasteiger charge is 2.33. The Kier molecular flexibility index (Phi) is 8.36. The number of ether oxygens (including phenoxy) is 1. The molecule has 0 saturated heterocycles. The fourth-order valence-corrected chi connectivity index (χ4v) is 5.71. The van der Waals surface area contributed by atoms with Gasteiger partial charge in [0.1, 0.15) is 23.8 Å². The van der Waals surface area contributed by atoms with E-state index in [1.54, 1.807) is 30.3 Å². The number of rotatable bonds is 9. The van der Waals surface area contributed by atoms with Crippen molar-refractivity contribution in [3.63, 3.8) is 0 Å². The van der Waals surface area contributed by atoms with E-state index in [4.69, 9.17) is 49.2 Å². The molecule has 0 spiro atoms. The largest absolute Gasteiger partial charge is 0.489 e. The third-order valence-electron chi connectivity index (χ3n) is 6.69. The minimum Gasteiger partial charge on any atom is -0.489 e. The van der Waals surface area contributed by atoms with Crippen LogP contribution in [0, 0.1) is 0 Å². The van der Waals surface area contributed by atoms with Crippen LogP contribution in [0.4, 0.5) is 0 Å². The van der Waals surface area contributed by atoms with Crippen LogP contribution >= 0.6 is 46.8 Å². The first-order valence-electron chi connectivity index (χ1n) is 12.2. The summed E-state index contributed by atoms with van der Waals surface area (Å²) < 4.78 is 11.9. The number of carbonyl (C=O) groups excluding carboxylic acids is 1. The average molecular weight is 588 g/mol. The molecule has 0 unspecified atom stereocenters. The number of halogens is 3. The Morgan fingerprint density at radius 2 is 1.79 bits per heavy atom. The van der Waals surface area contributed by atoms with Crippen molar-refractivity contribution in [3.05, 3.63) is 104 Å². The van der Waals surface area contributed by atoms with Crippen molar-refractivity contribution in [2.45, 2.75) is 44.6 Å². The zero-order valence-electron chi connectivity index (χ0n) is 20.5. The van der Waals surface area contributed by atoms with E-state index in [1.165, 1.54) is 0 Å². The molecular weight excluding hydrogens is 563 g/mol. The van der Waals surface area contributed by atoms with E-state index in [-0.39, 0.29) is 17.6 Å². The van der Waals surface area contributed by atoms with Gasteiger partial charge in [-0.3, -0.25) is 9.93 Å². The lowest BCUT2D eigenvalue weighted by molar-refractivity contribution is 0.108. The van der Waals surface area contributed by atoms with E-state index in [9.17, 15) is 4.79 Å². The molecule has 0 amide bonds. The van der Waals surface area contributed by atoms with Crippen LogP contribution in [0.3, 0.4) is 0 Å². The van der Waals surface area contributed by atoms with Crippen molar-refractivity contribution in [3.8, 4) is 17.0 Å². The molecule has 2 N–H and O–H groups in total. The smallest absolute Gasteiger partial charge is 0.233 e. The summed E-state index contributed by atoms with van der Waals surface area (Å²) in [4.78, 5) is 11.7. The molecule has 1 heterocycles. The molecule has 0 radical (unpaired) electrons. The fourth-order valence-electron chi connectivity index (χ4n) is 4.51. The normalized spacial score (nSPS) is 13.9. The van der Waals surface area contributed by atoms with Crippen molar-refractivity contribution in [2.24, 2.45) is 5.14 Å². The Labute approximate surface area is 240 Å². The monoisotopic (exact) mass is 586 g/mol. The molecule has 1 aromatic heterocycles. The highest BCUT2D eigenvalue weighted by molar-refractivity contribution is 8.12. The number of benzene rings is 3. The molecule has 9 heteroatoms. The van der Waals surface area contributed by atoms with Crippen molar-refractivity contribution < 1.29 is 14.1 Å².